The predicted octanol–water partition coefficient (Wildman–Crippen LogP) is 8.32. The summed E-state index contributed by atoms with van der Waals surface area (Å²) in [4.78, 5) is 0. The van der Waals surface area contributed by atoms with Crippen molar-refractivity contribution in [3.05, 3.63) is 109 Å². The molecule has 35 heavy (non-hydrogen) atoms. The Kier molecular flexibility index (Phi) is 6.00. The first-order valence-electron chi connectivity index (χ1n) is 11.9. The number of benzene rings is 5. The summed E-state index contributed by atoms with van der Waals surface area (Å²) in [6, 6.07) is 35.6. The van der Waals surface area contributed by atoms with E-state index in [9.17, 15) is 0 Å². The molecule has 1 aliphatic rings. The zero-order chi connectivity index (χ0) is 23.8. The van der Waals surface area contributed by atoms with Gasteiger partial charge in [0.15, 0.2) is 0 Å². The molecule has 0 spiro atoms. The van der Waals surface area contributed by atoms with Gasteiger partial charge < -0.3 is 0 Å². The van der Waals surface area contributed by atoms with Crippen molar-refractivity contribution < 1.29 is 13.6 Å². The van der Waals surface area contributed by atoms with Gasteiger partial charge in [-0.15, -0.1) is 0 Å². The summed E-state index contributed by atoms with van der Waals surface area (Å²) in [5.41, 5.74) is 3.40. The van der Waals surface area contributed by atoms with Crippen LogP contribution in [-0.4, -0.2) is 21.2 Å². The molecule has 1 heterocycles. The number of aryl methyl sites for hydroxylation is 1. The van der Waals surface area contributed by atoms with Crippen LogP contribution in [0.25, 0.3) is 32.7 Å². The van der Waals surface area contributed by atoms with Gasteiger partial charge in [-0.25, -0.2) is 0 Å². The van der Waals surface area contributed by atoms with Crippen LogP contribution in [0.3, 0.4) is 0 Å². The molecule has 3 nitrogen and oxygen atoms in total. The molecule has 0 radical (unpaired) electrons. The van der Waals surface area contributed by atoms with Gasteiger partial charge in [0.1, 0.15) is 0 Å². The molecule has 6 rings (SSSR count). The third kappa shape index (κ3) is 4.44. The van der Waals surface area contributed by atoms with Crippen LogP contribution in [0, 0.1) is 0 Å². The standard InChI is InChI=1S/C30H25O3PSe/c1-21(15-16-22-9-3-2-4-10-22)31-34(35)32-27-19-17-23-11-5-7-13-25(23)29(27)30-26-14-8-6-12-24(26)18-20-28(30)33-34/h2-14,17-21H,15-16H2,1H3/t21-/m1/s1. The maximum absolute atomic E-state index is 6.62. The summed E-state index contributed by atoms with van der Waals surface area (Å²) < 4.78 is 19.8. The van der Waals surface area contributed by atoms with Crippen LogP contribution >= 0.6 is 6.19 Å². The molecule has 5 heteroatoms. The molecule has 1 atom stereocenters. The van der Waals surface area contributed by atoms with Crippen LogP contribution in [0.1, 0.15) is 18.9 Å². The number of hydrogen-bond donors (Lipinski definition) is 0. The normalized spacial score (nSPS) is 14.9. The molecule has 0 fully saturated rings. The Balaban J connectivity index is 1.44. The van der Waals surface area contributed by atoms with Crippen LogP contribution in [0.5, 0.6) is 11.5 Å². The fourth-order valence-electron chi connectivity index (χ4n) is 4.76. The van der Waals surface area contributed by atoms with Gasteiger partial charge in [-0.1, -0.05) is 0 Å². The van der Waals surface area contributed by atoms with E-state index in [4.69, 9.17) is 13.6 Å². The van der Waals surface area contributed by atoms with Crippen molar-refractivity contribution in [2.45, 2.75) is 25.9 Å². The first-order chi connectivity index (χ1) is 17.1. The Morgan fingerprint density at radius 3 is 1.77 bits per heavy atom. The van der Waals surface area contributed by atoms with E-state index >= 15 is 0 Å². The Labute approximate surface area is 213 Å². The molecule has 0 aliphatic carbocycles. The second-order valence-electron chi connectivity index (χ2n) is 8.89. The molecule has 0 saturated heterocycles. The SMILES string of the molecule is C[C@H](CCc1ccccc1)OP1(=[Se])Oc2ccc3ccccc3c2-c2c(ccc3ccccc23)O1. The van der Waals surface area contributed by atoms with Gasteiger partial charge in [0.25, 0.3) is 0 Å². The minimum absolute atomic E-state index is 0.0456. The molecule has 0 aromatic heterocycles. The summed E-state index contributed by atoms with van der Waals surface area (Å²) in [5, 5.41) is 4.60. The second-order valence-corrected chi connectivity index (χ2v) is 13.2. The molecule has 0 saturated carbocycles. The van der Waals surface area contributed by atoms with Crippen molar-refractivity contribution in [1.29, 1.82) is 0 Å². The third-order valence-electron chi connectivity index (χ3n) is 6.44. The molecule has 0 N–H and O–H groups in total. The van der Waals surface area contributed by atoms with E-state index in [-0.39, 0.29) is 6.10 Å². The van der Waals surface area contributed by atoms with Gasteiger partial charge in [-0.3, -0.25) is 0 Å². The molecule has 1 aliphatic heterocycles. The second kappa shape index (κ2) is 9.30. The van der Waals surface area contributed by atoms with Crippen LogP contribution in [0.4, 0.5) is 0 Å². The van der Waals surface area contributed by atoms with Crippen molar-refractivity contribution >= 4 is 42.8 Å². The molecular weight excluding hydrogens is 518 g/mol. The summed E-state index contributed by atoms with van der Waals surface area (Å²) in [6.45, 7) is 2.09. The van der Waals surface area contributed by atoms with Crippen molar-refractivity contribution in [3.8, 4) is 22.6 Å². The topological polar surface area (TPSA) is 27.7 Å². The van der Waals surface area contributed by atoms with Crippen molar-refractivity contribution in [2.24, 2.45) is 0 Å². The van der Waals surface area contributed by atoms with E-state index in [0.717, 1.165) is 57.0 Å². The summed E-state index contributed by atoms with van der Waals surface area (Å²) >= 11 is 3.18. The number of rotatable bonds is 5. The van der Waals surface area contributed by atoms with Crippen LogP contribution in [0.2, 0.25) is 0 Å². The number of hydrogen-bond acceptors (Lipinski definition) is 3. The van der Waals surface area contributed by atoms with Crippen molar-refractivity contribution in [3.63, 3.8) is 0 Å². The molecule has 5 aromatic rings. The van der Waals surface area contributed by atoms with E-state index in [1.807, 2.05) is 18.2 Å². The average Bonchev–Trinajstić information content (AvgIpc) is 3.01. The molecule has 5 aromatic carbocycles. The monoisotopic (exact) mass is 544 g/mol. The van der Waals surface area contributed by atoms with Crippen molar-refractivity contribution in [1.82, 2.24) is 0 Å². The van der Waals surface area contributed by atoms with Crippen LogP contribution in [0.15, 0.2) is 103 Å². The van der Waals surface area contributed by atoms with Gasteiger partial charge in [0.05, 0.1) is 0 Å². The Morgan fingerprint density at radius 2 is 1.20 bits per heavy atom. The van der Waals surface area contributed by atoms with Crippen LogP contribution < -0.4 is 9.05 Å². The Morgan fingerprint density at radius 1 is 0.686 bits per heavy atom. The van der Waals surface area contributed by atoms with E-state index in [1.54, 1.807) is 0 Å². The van der Waals surface area contributed by atoms with Crippen molar-refractivity contribution in [2.75, 3.05) is 0 Å². The summed E-state index contributed by atoms with van der Waals surface area (Å²) in [5.74, 6) is 1.56. The fraction of sp³-hybridized carbons (Fsp3) is 0.133. The zero-order valence-corrected chi connectivity index (χ0v) is 22.0. The molecule has 174 valence electrons. The van der Waals surface area contributed by atoms with Gasteiger partial charge in [0.2, 0.25) is 0 Å². The maximum atomic E-state index is 6.62. The zero-order valence-electron chi connectivity index (χ0n) is 19.4. The van der Waals surface area contributed by atoms with Gasteiger partial charge in [-0.2, -0.15) is 0 Å². The Hall–Kier alpha value is -2.87. The number of fused-ring (bicyclic) bond motifs is 7. The molecule has 0 amide bonds. The summed E-state index contributed by atoms with van der Waals surface area (Å²) in [6.07, 6.45) is -1.07. The molecule has 0 bridgehead atoms. The predicted molar refractivity (Wildman–Crippen MR) is 146 cm³/mol. The quantitative estimate of drug-likeness (QED) is 0.165. The van der Waals surface area contributed by atoms with E-state index < -0.39 is 6.19 Å². The molecular formula is C30H25O3PSe. The average molecular weight is 543 g/mol. The summed E-state index contributed by atoms with van der Waals surface area (Å²) in [7, 11) is 0. The van der Waals surface area contributed by atoms with Crippen LogP contribution in [-0.2, 0) is 10.9 Å². The van der Waals surface area contributed by atoms with Gasteiger partial charge in [0, 0.05) is 0 Å². The van der Waals surface area contributed by atoms with E-state index in [1.165, 1.54) is 5.56 Å². The Bertz CT molecular complexity index is 1490. The molecule has 0 unspecified atom stereocenters. The van der Waals surface area contributed by atoms with Gasteiger partial charge in [-0.05, 0) is 0 Å². The minimum atomic E-state index is -2.83. The van der Waals surface area contributed by atoms with E-state index in [0.29, 0.717) is 0 Å². The first kappa shape index (κ1) is 22.6. The third-order valence-corrected chi connectivity index (χ3v) is 9.38. The van der Waals surface area contributed by atoms with Gasteiger partial charge >= 0.3 is 214 Å². The first-order valence-corrected chi connectivity index (χ1v) is 15.6. The van der Waals surface area contributed by atoms with E-state index in [2.05, 4.69) is 107 Å². The fourth-order valence-corrected chi connectivity index (χ4v) is 8.15.